The number of hydrogen-bond donors (Lipinski definition) is 0. The number of anilines is 2. The molecule has 2 aromatic rings. The number of hydrogen-bond acceptors (Lipinski definition) is 6. The largest absolute Gasteiger partial charge is 0.340 e. The van der Waals surface area contributed by atoms with Crippen molar-refractivity contribution in [1.29, 1.82) is 0 Å². The van der Waals surface area contributed by atoms with Crippen molar-refractivity contribution < 1.29 is 4.79 Å². The Morgan fingerprint density at radius 3 is 2.92 bits per heavy atom. The van der Waals surface area contributed by atoms with E-state index in [0.29, 0.717) is 5.01 Å². The summed E-state index contributed by atoms with van der Waals surface area (Å²) in [5, 5.41) is 8.99. The Kier molecular flexibility index (Phi) is 5.08. The zero-order valence-corrected chi connectivity index (χ0v) is 15.3. The van der Waals surface area contributed by atoms with E-state index in [1.165, 1.54) is 11.3 Å². The van der Waals surface area contributed by atoms with Crippen LogP contribution >= 0.6 is 11.3 Å². The van der Waals surface area contributed by atoms with Gasteiger partial charge in [0.1, 0.15) is 5.82 Å². The third-order valence-electron chi connectivity index (χ3n) is 4.16. The number of unbranched alkanes of at least 4 members (excludes halogenated alkanes) is 1. The average Bonchev–Trinajstić information content (AvgIpc) is 3.04. The van der Waals surface area contributed by atoms with Crippen LogP contribution in [-0.2, 0) is 6.42 Å². The number of rotatable bonds is 5. The van der Waals surface area contributed by atoms with E-state index < -0.39 is 0 Å². The maximum Gasteiger partial charge on any atom is 0.282 e. The van der Waals surface area contributed by atoms with Gasteiger partial charge in [-0.15, -0.1) is 16.4 Å². The predicted molar refractivity (Wildman–Crippen MR) is 96.1 cm³/mol. The van der Waals surface area contributed by atoms with Gasteiger partial charge in [-0.05, 0) is 38.3 Å². The number of carbonyl (C=O) groups excluding carboxylic acids is 1. The molecule has 6 nitrogen and oxygen atoms in total. The number of aromatic nitrogens is 3. The summed E-state index contributed by atoms with van der Waals surface area (Å²) in [5.41, 5.74) is 0.891. The fourth-order valence-corrected chi connectivity index (χ4v) is 3.83. The highest BCUT2D eigenvalue weighted by atomic mass is 32.1. The molecule has 1 aliphatic rings. The third kappa shape index (κ3) is 3.40. The topological polar surface area (TPSA) is 62.2 Å². The van der Waals surface area contributed by atoms with Crippen molar-refractivity contribution in [2.75, 3.05) is 25.0 Å². The van der Waals surface area contributed by atoms with Crippen molar-refractivity contribution in [3.05, 3.63) is 27.7 Å². The number of amides is 1. The lowest BCUT2D eigenvalue weighted by molar-refractivity contribution is 0.0793. The third-order valence-corrected chi connectivity index (χ3v) is 5.25. The van der Waals surface area contributed by atoms with Gasteiger partial charge in [0.25, 0.3) is 5.91 Å². The first-order valence-corrected chi connectivity index (χ1v) is 9.25. The molecule has 128 valence electrons. The lowest BCUT2D eigenvalue weighted by Gasteiger charge is -2.25. The highest BCUT2D eigenvalue weighted by Gasteiger charge is 2.27. The van der Waals surface area contributed by atoms with Gasteiger partial charge in [0.05, 0.1) is 5.69 Å². The summed E-state index contributed by atoms with van der Waals surface area (Å²) in [5.74, 6) is 1.68. The summed E-state index contributed by atoms with van der Waals surface area (Å²) in [6, 6.07) is 3.92. The second kappa shape index (κ2) is 7.25. The second-order valence-electron chi connectivity index (χ2n) is 6.13. The van der Waals surface area contributed by atoms with E-state index in [2.05, 4.69) is 27.0 Å². The second-order valence-corrected chi connectivity index (χ2v) is 7.22. The van der Waals surface area contributed by atoms with Crippen molar-refractivity contribution in [3.8, 4) is 0 Å². The molecule has 0 aromatic carbocycles. The van der Waals surface area contributed by atoms with Crippen molar-refractivity contribution in [2.24, 2.45) is 0 Å². The van der Waals surface area contributed by atoms with Crippen LogP contribution in [0.3, 0.4) is 0 Å². The van der Waals surface area contributed by atoms with Gasteiger partial charge in [0.15, 0.2) is 10.8 Å². The predicted octanol–water partition coefficient (Wildman–Crippen LogP) is 3.20. The maximum absolute atomic E-state index is 12.6. The molecule has 0 saturated carbocycles. The van der Waals surface area contributed by atoms with Gasteiger partial charge in [-0.1, -0.05) is 13.3 Å². The Labute approximate surface area is 146 Å². The van der Waals surface area contributed by atoms with Crippen molar-refractivity contribution in [1.82, 2.24) is 20.1 Å². The SMILES string of the molecule is CCCCN(C)C(=O)c1nc2c(s1)CCCN2c1ccc(C)nn1. The molecule has 2 aromatic heterocycles. The van der Waals surface area contributed by atoms with Crippen LogP contribution in [0.25, 0.3) is 0 Å². The quantitative estimate of drug-likeness (QED) is 0.833. The molecule has 0 atom stereocenters. The van der Waals surface area contributed by atoms with E-state index in [-0.39, 0.29) is 5.91 Å². The maximum atomic E-state index is 12.6. The van der Waals surface area contributed by atoms with E-state index in [4.69, 9.17) is 0 Å². The average molecular weight is 345 g/mol. The first-order valence-electron chi connectivity index (χ1n) is 8.43. The molecule has 24 heavy (non-hydrogen) atoms. The summed E-state index contributed by atoms with van der Waals surface area (Å²) in [6.45, 7) is 5.67. The summed E-state index contributed by atoms with van der Waals surface area (Å²) >= 11 is 1.51. The number of fused-ring (bicyclic) bond motifs is 1. The minimum Gasteiger partial charge on any atom is -0.340 e. The number of thiazole rings is 1. The minimum absolute atomic E-state index is 0.0118. The first-order chi connectivity index (χ1) is 11.6. The van der Waals surface area contributed by atoms with Crippen LogP contribution < -0.4 is 4.90 Å². The Morgan fingerprint density at radius 2 is 2.21 bits per heavy atom. The Morgan fingerprint density at radius 1 is 1.38 bits per heavy atom. The fraction of sp³-hybridized carbons (Fsp3) is 0.529. The number of carbonyl (C=O) groups is 1. The van der Waals surface area contributed by atoms with Crippen LogP contribution in [0.4, 0.5) is 11.6 Å². The molecule has 0 radical (unpaired) electrons. The number of nitrogens with zero attached hydrogens (tertiary/aromatic N) is 5. The molecule has 1 amide bonds. The van der Waals surface area contributed by atoms with Crippen LogP contribution in [0.15, 0.2) is 12.1 Å². The van der Waals surface area contributed by atoms with E-state index in [0.717, 1.165) is 61.0 Å². The van der Waals surface area contributed by atoms with Gasteiger partial charge in [-0.2, -0.15) is 5.10 Å². The van der Waals surface area contributed by atoms with Crippen molar-refractivity contribution >= 4 is 28.9 Å². The molecule has 3 heterocycles. The van der Waals surface area contributed by atoms with Gasteiger partial charge in [-0.25, -0.2) is 4.98 Å². The molecule has 0 spiro atoms. The molecular formula is C17H23N5OS. The molecule has 0 aliphatic carbocycles. The Balaban J connectivity index is 1.85. The molecule has 1 aliphatic heterocycles. The number of aryl methyl sites for hydroxylation is 2. The van der Waals surface area contributed by atoms with Crippen LogP contribution in [0, 0.1) is 6.92 Å². The zero-order valence-electron chi connectivity index (χ0n) is 14.4. The van der Waals surface area contributed by atoms with E-state index in [1.54, 1.807) is 4.90 Å². The van der Waals surface area contributed by atoms with E-state index in [9.17, 15) is 4.79 Å². The highest BCUT2D eigenvalue weighted by Crippen LogP contribution is 2.35. The van der Waals surface area contributed by atoms with Gasteiger partial charge in [-0.3, -0.25) is 4.79 Å². The zero-order chi connectivity index (χ0) is 17.1. The Hall–Kier alpha value is -2.02. The van der Waals surface area contributed by atoms with E-state index >= 15 is 0 Å². The van der Waals surface area contributed by atoms with Crippen LogP contribution in [-0.4, -0.2) is 46.1 Å². The van der Waals surface area contributed by atoms with Gasteiger partial charge in [0.2, 0.25) is 0 Å². The molecule has 0 bridgehead atoms. The van der Waals surface area contributed by atoms with Gasteiger partial charge >= 0.3 is 0 Å². The van der Waals surface area contributed by atoms with Crippen molar-refractivity contribution in [3.63, 3.8) is 0 Å². The van der Waals surface area contributed by atoms with Gasteiger partial charge < -0.3 is 9.80 Å². The van der Waals surface area contributed by atoms with Crippen LogP contribution in [0.5, 0.6) is 0 Å². The fourth-order valence-electron chi connectivity index (χ4n) is 2.73. The van der Waals surface area contributed by atoms with Crippen LogP contribution in [0.1, 0.15) is 46.6 Å². The lowest BCUT2D eigenvalue weighted by Crippen LogP contribution is -2.28. The molecule has 0 N–H and O–H groups in total. The molecule has 3 rings (SSSR count). The lowest BCUT2D eigenvalue weighted by atomic mass is 10.2. The summed E-state index contributed by atoms with van der Waals surface area (Å²) in [6.07, 6.45) is 4.09. The van der Waals surface area contributed by atoms with Crippen LogP contribution in [0.2, 0.25) is 0 Å². The molecule has 0 unspecified atom stereocenters. The first kappa shape index (κ1) is 16.8. The van der Waals surface area contributed by atoms with Crippen molar-refractivity contribution in [2.45, 2.75) is 39.5 Å². The standard InChI is InChI=1S/C17H23N5OS/c1-4-5-10-21(3)17(23)16-18-15-13(24-16)7-6-11-22(15)14-9-8-12(2)19-20-14/h8-9H,4-7,10-11H2,1-3H3. The smallest absolute Gasteiger partial charge is 0.282 e. The highest BCUT2D eigenvalue weighted by molar-refractivity contribution is 7.14. The molecule has 7 heteroatoms. The minimum atomic E-state index is 0.0118. The monoisotopic (exact) mass is 345 g/mol. The summed E-state index contributed by atoms with van der Waals surface area (Å²) < 4.78 is 0. The summed E-state index contributed by atoms with van der Waals surface area (Å²) in [4.78, 5) is 22.2. The molecule has 0 saturated heterocycles. The normalized spacial score (nSPS) is 13.7. The summed E-state index contributed by atoms with van der Waals surface area (Å²) in [7, 11) is 1.85. The van der Waals surface area contributed by atoms with Gasteiger partial charge in [0, 0.05) is 25.0 Å². The molecule has 0 fully saturated rings. The van der Waals surface area contributed by atoms with E-state index in [1.807, 2.05) is 26.1 Å². The Bertz CT molecular complexity index is 712. The molecular weight excluding hydrogens is 322 g/mol.